The van der Waals surface area contributed by atoms with E-state index >= 15 is 0 Å². The number of nitrogens with zero attached hydrogens (tertiary/aromatic N) is 2. The summed E-state index contributed by atoms with van der Waals surface area (Å²) in [4.78, 5) is 14.4. The number of halogens is 3. The van der Waals surface area contributed by atoms with E-state index in [0.717, 1.165) is 28.6 Å². The number of hydrogen-bond acceptors (Lipinski definition) is 3. The number of aromatic amines is 1. The lowest BCUT2D eigenvalue weighted by Crippen LogP contribution is -2.49. The maximum atomic E-state index is 12.8. The number of piperazine rings is 1. The fourth-order valence-electron chi connectivity index (χ4n) is 3.42. The molecule has 1 amide bonds. The van der Waals surface area contributed by atoms with E-state index in [0.29, 0.717) is 25.2 Å². The largest absolute Gasteiger partial charge is 0.416 e. The Morgan fingerprint density at radius 3 is 2.67 bits per heavy atom. The van der Waals surface area contributed by atoms with Crippen LogP contribution in [0.2, 0.25) is 0 Å². The number of nitrogens with one attached hydrogen (secondary N) is 2. The van der Waals surface area contributed by atoms with Crippen molar-refractivity contribution in [3.05, 3.63) is 65.4 Å². The molecule has 0 saturated carbocycles. The van der Waals surface area contributed by atoms with Crippen molar-refractivity contribution < 1.29 is 18.0 Å². The van der Waals surface area contributed by atoms with E-state index in [-0.39, 0.29) is 5.91 Å². The Kier molecular flexibility index (Phi) is 4.35. The van der Waals surface area contributed by atoms with Gasteiger partial charge in [-0.2, -0.15) is 18.3 Å². The predicted molar refractivity (Wildman–Crippen MR) is 93.7 cm³/mol. The van der Waals surface area contributed by atoms with Gasteiger partial charge in [-0.25, -0.2) is 0 Å². The van der Waals surface area contributed by atoms with Crippen LogP contribution in [0, 0.1) is 0 Å². The van der Waals surface area contributed by atoms with Crippen LogP contribution in [-0.2, 0) is 17.5 Å². The molecule has 2 aromatic carbocycles. The van der Waals surface area contributed by atoms with Gasteiger partial charge in [0.05, 0.1) is 17.3 Å². The molecule has 1 aliphatic rings. The van der Waals surface area contributed by atoms with Gasteiger partial charge in [0, 0.05) is 25.0 Å². The van der Waals surface area contributed by atoms with Gasteiger partial charge in [0.1, 0.15) is 6.04 Å². The highest BCUT2D eigenvalue weighted by Crippen LogP contribution is 2.32. The van der Waals surface area contributed by atoms with E-state index in [1.807, 2.05) is 23.1 Å². The van der Waals surface area contributed by atoms with Crippen molar-refractivity contribution in [2.45, 2.75) is 18.8 Å². The van der Waals surface area contributed by atoms with Crippen LogP contribution in [0.1, 0.15) is 22.7 Å². The lowest BCUT2D eigenvalue weighted by atomic mass is 10.00. The Morgan fingerprint density at radius 1 is 1.15 bits per heavy atom. The van der Waals surface area contributed by atoms with Crippen LogP contribution in [0.3, 0.4) is 0 Å². The first-order valence-electron chi connectivity index (χ1n) is 8.53. The summed E-state index contributed by atoms with van der Waals surface area (Å²) in [6.45, 7) is 1.62. The summed E-state index contributed by atoms with van der Waals surface area (Å²) in [6, 6.07) is 10.1. The van der Waals surface area contributed by atoms with Gasteiger partial charge in [-0.15, -0.1) is 0 Å². The molecule has 5 nitrogen and oxygen atoms in total. The summed E-state index contributed by atoms with van der Waals surface area (Å²) in [7, 11) is 0. The molecule has 0 aliphatic carbocycles. The zero-order valence-corrected chi connectivity index (χ0v) is 14.3. The second kappa shape index (κ2) is 6.70. The number of fused-ring (bicyclic) bond motifs is 1. The molecule has 1 unspecified atom stereocenters. The van der Waals surface area contributed by atoms with Gasteiger partial charge in [0.15, 0.2) is 0 Å². The minimum Gasteiger partial charge on any atom is -0.353 e. The van der Waals surface area contributed by atoms with E-state index in [1.165, 1.54) is 12.1 Å². The number of rotatable bonds is 3. The molecule has 8 heteroatoms. The number of alkyl halides is 3. The number of benzene rings is 2. The van der Waals surface area contributed by atoms with Crippen LogP contribution in [0.25, 0.3) is 10.9 Å². The third-order valence-corrected chi connectivity index (χ3v) is 4.76. The molecule has 1 fully saturated rings. The molecule has 0 bridgehead atoms. The molecular weight excluding hydrogens is 357 g/mol. The molecule has 1 aliphatic heterocycles. The summed E-state index contributed by atoms with van der Waals surface area (Å²) in [6.07, 6.45) is -2.66. The Morgan fingerprint density at radius 2 is 1.93 bits per heavy atom. The van der Waals surface area contributed by atoms with E-state index in [2.05, 4.69) is 15.5 Å². The van der Waals surface area contributed by atoms with Crippen LogP contribution >= 0.6 is 0 Å². The summed E-state index contributed by atoms with van der Waals surface area (Å²) in [5.74, 6) is -0.205. The van der Waals surface area contributed by atoms with Crippen molar-refractivity contribution in [3.63, 3.8) is 0 Å². The molecule has 1 saturated heterocycles. The Balaban J connectivity index is 1.61. The van der Waals surface area contributed by atoms with E-state index in [4.69, 9.17) is 0 Å². The molecule has 140 valence electrons. The minimum absolute atomic E-state index is 0.205. The lowest BCUT2D eigenvalue weighted by Gasteiger charge is -2.35. The van der Waals surface area contributed by atoms with Crippen molar-refractivity contribution in [1.29, 1.82) is 0 Å². The van der Waals surface area contributed by atoms with E-state index in [9.17, 15) is 18.0 Å². The van der Waals surface area contributed by atoms with Gasteiger partial charge in [0.25, 0.3) is 0 Å². The average Bonchev–Trinajstić information content (AvgIpc) is 3.09. The van der Waals surface area contributed by atoms with Crippen LogP contribution < -0.4 is 5.32 Å². The fourth-order valence-corrected chi connectivity index (χ4v) is 3.42. The number of H-pyrrole nitrogens is 1. The fraction of sp³-hybridized carbons (Fsp3) is 0.263. The molecule has 0 radical (unpaired) electrons. The van der Waals surface area contributed by atoms with E-state index < -0.39 is 17.8 Å². The summed E-state index contributed by atoms with van der Waals surface area (Å²) in [5.41, 5.74) is 1.72. The SMILES string of the molecule is O=C1NCCN(Cc2ccc3cn[nH]c3c2)C1c1ccc(C(F)(F)F)cc1. The van der Waals surface area contributed by atoms with Crippen molar-refractivity contribution in [1.82, 2.24) is 20.4 Å². The smallest absolute Gasteiger partial charge is 0.353 e. The minimum atomic E-state index is -4.40. The number of carbonyl (C=O) groups is 1. The first kappa shape index (κ1) is 17.5. The Labute approximate surface area is 153 Å². The highest BCUT2D eigenvalue weighted by molar-refractivity contribution is 5.84. The molecular formula is C19H17F3N4O. The lowest BCUT2D eigenvalue weighted by molar-refractivity contribution is -0.137. The van der Waals surface area contributed by atoms with Crippen molar-refractivity contribution in [2.24, 2.45) is 0 Å². The quantitative estimate of drug-likeness (QED) is 0.740. The molecule has 1 aromatic heterocycles. The van der Waals surface area contributed by atoms with Crippen molar-refractivity contribution in [3.8, 4) is 0 Å². The van der Waals surface area contributed by atoms with Crippen LogP contribution in [0.15, 0.2) is 48.7 Å². The summed E-state index contributed by atoms with van der Waals surface area (Å²) >= 11 is 0. The first-order chi connectivity index (χ1) is 12.9. The summed E-state index contributed by atoms with van der Waals surface area (Å²) in [5, 5.41) is 10.7. The number of aromatic nitrogens is 2. The highest BCUT2D eigenvalue weighted by Gasteiger charge is 2.33. The monoisotopic (exact) mass is 374 g/mol. The Hall–Kier alpha value is -2.87. The maximum absolute atomic E-state index is 12.8. The normalized spacial score (nSPS) is 18.6. The zero-order valence-electron chi connectivity index (χ0n) is 14.3. The van der Waals surface area contributed by atoms with Gasteiger partial charge >= 0.3 is 6.18 Å². The second-order valence-electron chi connectivity index (χ2n) is 6.58. The number of carbonyl (C=O) groups excluding carboxylic acids is 1. The number of hydrogen-bond donors (Lipinski definition) is 2. The molecule has 0 spiro atoms. The van der Waals surface area contributed by atoms with Gasteiger partial charge in [-0.3, -0.25) is 14.8 Å². The molecule has 2 N–H and O–H groups in total. The molecule has 2 heterocycles. The first-order valence-corrected chi connectivity index (χ1v) is 8.53. The van der Waals surface area contributed by atoms with Crippen molar-refractivity contribution in [2.75, 3.05) is 13.1 Å². The summed E-state index contributed by atoms with van der Waals surface area (Å²) < 4.78 is 38.4. The molecule has 1 atom stereocenters. The maximum Gasteiger partial charge on any atom is 0.416 e. The van der Waals surface area contributed by atoms with Gasteiger partial charge in [-0.05, 0) is 29.3 Å². The molecule has 27 heavy (non-hydrogen) atoms. The van der Waals surface area contributed by atoms with Crippen LogP contribution in [-0.4, -0.2) is 34.1 Å². The topological polar surface area (TPSA) is 61.0 Å². The Bertz CT molecular complexity index is 965. The molecule has 4 rings (SSSR count). The molecule has 3 aromatic rings. The van der Waals surface area contributed by atoms with Crippen LogP contribution in [0.5, 0.6) is 0 Å². The third-order valence-electron chi connectivity index (χ3n) is 4.76. The van der Waals surface area contributed by atoms with Gasteiger partial charge in [0.2, 0.25) is 5.91 Å². The predicted octanol–water partition coefficient (Wildman–Crippen LogP) is 3.25. The third kappa shape index (κ3) is 3.52. The second-order valence-corrected chi connectivity index (χ2v) is 6.58. The van der Waals surface area contributed by atoms with Crippen LogP contribution in [0.4, 0.5) is 13.2 Å². The standard InChI is InChI=1S/C19H17F3N4O/c20-19(21,22)15-5-3-13(4-6-15)17-18(27)23-7-8-26(17)11-12-1-2-14-10-24-25-16(14)9-12/h1-6,9-10,17H,7-8,11H2,(H,23,27)(H,24,25). The number of amides is 1. The van der Waals surface area contributed by atoms with Crippen molar-refractivity contribution >= 4 is 16.8 Å². The van der Waals surface area contributed by atoms with Gasteiger partial charge < -0.3 is 5.32 Å². The zero-order chi connectivity index (χ0) is 19.0. The highest BCUT2D eigenvalue weighted by atomic mass is 19.4. The average molecular weight is 374 g/mol. The van der Waals surface area contributed by atoms with E-state index in [1.54, 1.807) is 6.20 Å². The van der Waals surface area contributed by atoms with Gasteiger partial charge in [-0.1, -0.05) is 24.3 Å².